The van der Waals surface area contributed by atoms with E-state index in [-0.39, 0.29) is 21.1 Å². The van der Waals surface area contributed by atoms with Crippen molar-refractivity contribution >= 4 is 17.9 Å². The summed E-state index contributed by atoms with van der Waals surface area (Å²) in [4.78, 5) is 38.4. The maximum absolute atomic E-state index is 9.95. The molecule has 0 spiro atoms. The summed E-state index contributed by atoms with van der Waals surface area (Å²) in [5.41, 5.74) is 0. The summed E-state index contributed by atoms with van der Waals surface area (Å²) in [5, 5.41) is 24.5. The molecule has 0 aromatic heterocycles. The van der Waals surface area contributed by atoms with Crippen LogP contribution in [0.25, 0.3) is 14.5 Å². The molecule has 31 heavy (non-hydrogen) atoms. The quantitative estimate of drug-likeness (QED) is 0.274. The molecule has 12 nitrogen and oxygen atoms in total. The molecule has 0 aliphatic rings. The van der Waals surface area contributed by atoms with Crippen LogP contribution in [0.1, 0.15) is 40.0 Å². The van der Waals surface area contributed by atoms with E-state index in [4.69, 9.17) is 49.0 Å². The average Bonchev–Trinajstić information content (AvgIpc) is 2.75. The van der Waals surface area contributed by atoms with Gasteiger partial charge in [0.1, 0.15) is 0 Å². The Labute approximate surface area is 195 Å². The van der Waals surface area contributed by atoms with Crippen molar-refractivity contribution in [2.24, 2.45) is 0 Å². The van der Waals surface area contributed by atoms with Gasteiger partial charge in [-0.1, -0.05) is 20.8 Å². The second kappa shape index (κ2) is 41.2. The molecule has 0 bridgehead atoms. The van der Waals surface area contributed by atoms with Gasteiger partial charge in [-0.15, -0.1) is 0 Å². The minimum absolute atomic E-state index is 0. The summed E-state index contributed by atoms with van der Waals surface area (Å²) < 4.78 is 22.5. The molecular formula is C18H21MoN3O9. The molecule has 0 saturated heterocycles. The van der Waals surface area contributed by atoms with Gasteiger partial charge in [0.15, 0.2) is 0 Å². The van der Waals surface area contributed by atoms with E-state index in [2.05, 4.69) is 34.5 Å². The first-order valence-corrected chi connectivity index (χ1v) is 7.55. The zero-order chi connectivity index (χ0) is 25.7. The van der Waals surface area contributed by atoms with E-state index in [0.717, 1.165) is 0 Å². The van der Waals surface area contributed by atoms with Gasteiger partial charge in [0.25, 0.3) is 0 Å². The van der Waals surface area contributed by atoms with Gasteiger partial charge in [-0.25, -0.2) is 34.1 Å². The van der Waals surface area contributed by atoms with Crippen LogP contribution in [0.15, 0.2) is 0 Å². The first-order valence-electron chi connectivity index (χ1n) is 7.55. The molecule has 0 radical (unpaired) electrons. The predicted molar refractivity (Wildman–Crippen MR) is 96.7 cm³/mol. The Morgan fingerprint density at radius 2 is 0.742 bits per heavy atom. The summed E-state index contributed by atoms with van der Waals surface area (Å²) in [7, 11) is 0. The SMILES string of the molecule is [C-]#[N+]C(CC)C(=O)O.[C-]#[N+]C(CC)C(=O)O.[C-]#[N+]C(CC)C(=O)O.[C-]#[O+].[C-]#[O+].[C-]#[O+].[Mo]. The molecule has 3 unspecified atom stereocenters. The number of carboxylic acids is 3. The van der Waals surface area contributed by atoms with E-state index >= 15 is 0 Å². The standard InChI is InChI=1S/3C5H7NO2.3CO.Mo/c3*1-3-4(6-2)5(7)8;3*1-2;/h3*4H,3H2,1H3,(H,7,8);;;;. The third kappa shape index (κ3) is 38.1. The molecule has 0 aliphatic carbocycles. The minimum Gasteiger partial charge on any atom is 0 e. The number of hydrogen-bond acceptors (Lipinski definition) is 3. The van der Waals surface area contributed by atoms with Gasteiger partial charge in [0.05, 0.1) is 0 Å². The van der Waals surface area contributed by atoms with Crippen molar-refractivity contribution in [2.75, 3.05) is 0 Å². The van der Waals surface area contributed by atoms with Crippen molar-refractivity contribution < 1.29 is 64.7 Å². The Hall–Kier alpha value is -3.21. The van der Waals surface area contributed by atoms with Crippen LogP contribution < -0.4 is 0 Å². The second-order valence-corrected chi connectivity index (χ2v) is 4.17. The second-order valence-electron chi connectivity index (χ2n) is 4.17. The van der Waals surface area contributed by atoms with Gasteiger partial charge in [-0.05, 0) is 0 Å². The third-order valence-electron chi connectivity index (χ3n) is 2.48. The van der Waals surface area contributed by atoms with Crippen molar-refractivity contribution in [3.63, 3.8) is 0 Å². The van der Waals surface area contributed by atoms with Crippen molar-refractivity contribution in [2.45, 2.75) is 58.2 Å². The Kier molecular flexibility index (Phi) is 61.4. The molecule has 0 aliphatic heterocycles. The third-order valence-corrected chi connectivity index (χ3v) is 2.48. The zero-order valence-electron chi connectivity index (χ0n) is 16.9. The molecule has 0 aromatic carbocycles. The van der Waals surface area contributed by atoms with Crippen LogP contribution in [-0.4, -0.2) is 51.4 Å². The van der Waals surface area contributed by atoms with Crippen molar-refractivity contribution in [3.05, 3.63) is 54.2 Å². The fourth-order valence-corrected chi connectivity index (χ4v) is 0.963. The van der Waals surface area contributed by atoms with Crippen molar-refractivity contribution in [1.82, 2.24) is 0 Å². The summed E-state index contributed by atoms with van der Waals surface area (Å²) in [6.07, 6.45) is 1.16. The smallest absolute Gasteiger partial charge is 0 e. The van der Waals surface area contributed by atoms with Gasteiger partial charge in [-0.3, -0.25) is 0 Å². The van der Waals surface area contributed by atoms with E-state index < -0.39 is 36.0 Å². The Morgan fingerprint density at radius 3 is 0.742 bits per heavy atom. The van der Waals surface area contributed by atoms with E-state index in [9.17, 15) is 14.4 Å². The van der Waals surface area contributed by atoms with Crippen LogP contribution in [0.5, 0.6) is 0 Å². The van der Waals surface area contributed by atoms with Crippen molar-refractivity contribution in [1.29, 1.82) is 0 Å². The first kappa shape index (κ1) is 46.1. The molecule has 3 atom stereocenters. The predicted octanol–water partition coefficient (Wildman–Crippen LogP) is 2.19. The molecule has 0 saturated carbocycles. The molecule has 13 heteroatoms. The molecule has 3 N–H and O–H groups in total. The number of hydrogen-bond donors (Lipinski definition) is 3. The molecule has 0 heterocycles. The van der Waals surface area contributed by atoms with Crippen LogP contribution in [0.3, 0.4) is 0 Å². The summed E-state index contributed by atoms with van der Waals surface area (Å²) in [5.74, 6) is -3.08. The number of nitrogens with zero attached hydrogens (tertiary/aromatic N) is 3. The van der Waals surface area contributed by atoms with Crippen LogP contribution in [0, 0.1) is 39.7 Å². The fraction of sp³-hybridized carbons (Fsp3) is 0.500. The Bertz CT molecular complexity index is 565. The van der Waals surface area contributed by atoms with Gasteiger partial charge >= 0.3 is 69.9 Å². The molecule has 0 rings (SSSR count). The first-order chi connectivity index (χ1) is 14.2. The largest absolute Gasteiger partial charge is 0 e. The van der Waals surface area contributed by atoms with E-state index in [1.165, 1.54) is 0 Å². The zero-order valence-corrected chi connectivity index (χ0v) is 18.9. The van der Waals surface area contributed by atoms with Crippen molar-refractivity contribution in [3.8, 4) is 0 Å². The van der Waals surface area contributed by atoms with E-state index in [1.807, 2.05) is 0 Å². The Balaban J connectivity index is -0.0000000488. The average molecular weight is 519 g/mol. The molecule has 0 fully saturated rings. The van der Waals surface area contributed by atoms with E-state index in [0.29, 0.717) is 19.3 Å². The van der Waals surface area contributed by atoms with Gasteiger partial charge < -0.3 is 29.9 Å². The summed E-state index contributed by atoms with van der Waals surface area (Å²) in [6.45, 7) is 37.5. The number of rotatable bonds is 6. The van der Waals surface area contributed by atoms with Gasteiger partial charge in [-0.2, -0.15) is 0 Å². The normalized spacial score (nSPS) is 9.48. The van der Waals surface area contributed by atoms with Crippen LogP contribution >= 0.6 is 0 Å². The molecule has 168 valence electrons. The number of carbonyl (C=O) groups is 3. The summed E-state index contributed by atoms with van der Waals surface area (Å²) >= 11 is 0. The minimum atomic E-state index is -1.03. The van der Waals surface area contributed by atoms with Crippen LogP contribution in [0.4, 0.5) is 0 Å². The topological polar surface area (TPSA) is 185 Å². The fourth-order valence-electron chi connectivity index (χ4n) is 0.963. The maximum Gasteiger partial charge on any atom is 0 e. The molecular weight excluding hydrogens is 498 g/mol. The molecule has 0 aromatic rings. The Morgan fingerprint density at radius 1 is 0.613 bits per heavy atom. The van der Waals surface area contributed by atoms with E-state index in [1.54, 1.807) is 20.8 Å². The van der Waals surface area contributed by atoms with Crippen LogP contribution in [0.2, 0.25) is 0 Å². The van der Waals surface area contributed by atoms with Crippen LogP contribution in [-0.2, 0) is 49.4 Å². The number of aliphatic carboxylic acids is 3. The summed E-state index contributed by atoms with van der Waals surface area (Å²) in [6, 6.07) is -2.51. The number of carboxylic acid groups (broad SMARTS) is 3. The monoisotopic (exact) mass is 521 g/mol. The van der Waals surface area contributed by atoms with Gasteiger partial charge in [0.2, 0.25) is 0 Å². The maximum atomic E-state index is 9.95. The van der Waals surface area contributed by atoms with Gasteiger partial charge in [0, 0.05) is 40.3 Å². The molecule has 0 amide bonds.